The van der Waals surface area contributed by atoms with Crippen molar-refractivity contribution in [1.82, 2.24) is 9.88 Å². The average molecular weight is 288 g/mol. The van der Waals surface area contributed by atoms with Crippen LogP contribution in [0, 0.1) is 0 Å². The van der Waals surface area contributed by atoms with Gasteiger partial charge in [0.25, 0.3) is 0 Å². The molecule has 0 spiro atoms. The second-order valence-electron chi connectivity index (χ2n) is 6.23. The molecule has 3 rings (SSSR count). The van der Waals surface area contributed by atoms with Gasteiger partial charge in [-0.1, -0.05) is 19.3 Å². The number of Topliss-reactive ketones (excluding diaryl/α,β-unsaturated/α-hetero) is 1. The van der Waals surface area contributed by atoms with E-state index < -0.39 is 0 Å². The smallest absolute Gasteiger partial charge is 0.184 e. The summed E-state index contributed by atoms with van der Waals surface area (Å²) < 4.78 is 5.22. The Kier molecular flexibility index (Phi) is 4.24. The number of nitrogens with zero attached hydrogens (tertiary/aromatic N) is 2. The van der Waals surface area contributed by atoms with Gasteiger partial charge in [-0.3, -0.25) is 14.7 Å². The van der Waals surface area contributed by atoms with Crippen LogP contribution in [0.25, 0.3) is 0 Å². The molecule has 4 heteroatoms. The molecule has 1 saturated carbocycles. The van der Waals surface area contributed by atoms with Crippen molar-refractivity contribution >= 4 is 5.78 Å². The Balaban J connectivity index is 1.90. The summed E-state index contributed by atoms with van der Waals surface area (Å²) in [5.41, 5.74) is 0.413. The van der Waals surface area contributed by atoms with E-state index in [1.165, 1.54) is 19.3 Å². The molecule has 1 saturated heterocycles. The number of ketones is 1. The third-order valence-electron chi connectivity index (χ3n) is 5.03. The fourth-order valence-electron chi connectivity index (χ4n) is 3.89. The highest BCUT2D eigenvalue weighted by Crippen LogP contribution is 2.39. The van der Waals surface area contributed by atoms with Crippen molar-refractivity contribution in [2.75, 3.05) is 20.2 Å². The summed E-state index contributed by atoms with van der Waals surface area (Å²) in [5, 5.41) is 0. The van der Waals surface area contributed by atoms with Gasteiger partial charge in [-0.15, -0.1) is 0 Å². The van der Waals surface area contributed by atoms with E-state index in [1.54, 1.807) is 19.5 Å². The molecule has 2 heterocycles. The molecule has 2 aliphatic rings. The Labute approximate surface area is 126 Å². The second-order valence-corrected chi connectivity index (χ2v) is 6.23. The highest BCUT2D eigenvalue weighted by atomic mass is 16.5. The zero-order chi connectivity index (χ0) is 14.7. The van der Waals surface area contributed by atoms with Crippen LogP contribution in [0.3, 0.4) is 0 Å². The highest BCUT2D eigenvalue weighted by Gasteiger charge is 2.46. The Morgan fingerprint density at radius 3 is 2.52 bits per heavy atom. The molecule has 0 aromatic carbocycles. The van der Waals surface area contributed by atoms with Crippen molar-refractivity contribution in [1.29, 1.82) is 0 Å². The zero-order valence-corrected chi connectivity index (χ0v) is 12.8. The zero-order valence-electron chi connectivity index (χ0n) is 12.8. The van der Waals surface area contributed by atoms with Gasteiger partial charge in [-0.25, -0.2) is 0 Å². The van der Waals surface area contributed by atoms with E-state index in [0.29, 0.717) is 11.3 Å². The predicted octanol–water partition coefficient (Wildman–Crippen LogP) is 3.07. The lowest BCUT2D eigenvalue weighted by atomic mass is 9.84. The van der Waals surface area contributed by atoms with Crippen LogP contribution in [0.2, 0.25) is 0 Å². The van der Waals surface area contributed by atoms with Gasteiger partial charge < -0.3 is 4.74 Å². The lowest BCUT2D eigenvalue weighted by Gasteiger charge is -2.42. The average Bonchev–Trinajstić information content (AvgIpc) is 3.06. The first kappa shape index (κ1) is 14.5. The maximum atomic E-state index is 13.2. The molecule has 0 N–H and O–H groups in total. The summed E-state index contributed by atoms with van der Waals surface area (Å²) in [6.07, 6.45) is 11.3. The number of pyridine rings is 1. The van der Waals surface area contributed by atoms with E-state index >= 15 is 0 Å². The summed E-state index contributed by atoms with van der Waals surface area (Å²) in [4.78, 5) is 19.8. The minimum absolute atomic E-state index is 0.244. The molecule has 0 bridgehead atoms. The number of piperidine rings is 1. The number of ether oxygens (including phenoxy) is 1. The van der Waals surface area contributed by atoms with Gasteiger partial charge in [-0.2, -0.15) is 0 Å². The molecule has 1 aromatic heterocycles. The minimum Gasteiger partial charge on any atom is -0.495 e. The normalized spacial score (nSPS) is 22.1. The number of rotatable bonds is 4. The highest BCUT2D eigenvalue weighted by molar-refractivity contribution is 6.03. The molecular weight excluding hydrogens is 264 g/mol. The fraction of sp³-hybridized carbons (Fsp3) is 0.647. The van der Waals surface area contributed by atoms with Gasteiger partial charge in [-0.05, 0) is 44.8 Å². The van der Waals surface area contributed by atoms with Crippen LogP contribution in [0.4, 0.5) is 0 Å². The lowest BCUT2D eigenvalue weighted by molar-refractivity contribution is 0.0477. The standard InChI is InChI=1S/C17H24N2O2/c1-21-15-11-14(12-18-13-15)16(20)17(7-3-4-8-17)19-9-5-2-6-10-19/h11-13H,2-10H2,1H3. The van der Waals surface area contributed by atoms with E-state index in [-0.39, 0.29) is 11.3 Å². The number of carbonyl (C=O) groups excluding carboxylic acids is 1. The van der Waals surface area contributed by atoms with Gasteiger partial charge in [0.15, 0.2) is 5.78 Å². The Morgan fingerprint density at radius 2 is 1.86 bits per heavy atom. The first-order chi connectivity index (χ1) is 10.3. The van der Waals surface area contributed by atoms with Crippen molar-refractivity contribution in [2.24, 2.45) is 0 Å². The second kappa shape index (κ2) is 6.14. The predicted molar refractivity (Wildman–Crippen MR) is 81.7 cm³/mol. The van der Waals surface area contributed by atoms with Gasteiger partial charge in [0, 0.05) is 11.8 Å². The van der Waals surface area contributed by atoms with Crippen LogP contribution in [0.15, 0.2) is 18.5 Å². The van der Waals surface area contributed by atoms with E-state index in [2.05, 4.69) is 9.88 Å². The maximum Gasteiger partial charge on any atom is 0.184 e. The third-order valence-corrected chi connectivity index (χ3v) is 5.03. The van der Waals surface area contributed by atoms with Crippen molar-refractivity contribution in [2.45, 2.75) is 50.5 Å². The van der Waals surface area contributed by atoms with Crippen molar-refractivity contribution in [3.8, 4) is 5.75 Å². The van der Waals surface area contributed by atoms with Crippen LogP contribution in [-0.2, 0) is 0 Å². The number of methoxy groups -OCH3 is 1. The van der Waals surface area contributed by atoms with Gasteiger partial charge >= 0.3 is 0 Å². The molecule has 0 unspecified atom stereocenters. The number of hydrogen-bond acceptors (Lipinski definition) is 4. The third kappa shape index (κ3) is 2.69. The van der Waals surface area contributed by atoms with Crippen LogP contribution in [-0.4, -0.2) is 41.4 Å². The molecular formula is C17H24N2O2. The van der Waals surface area contributed by atoms with Gasteiger partial charge in [0.05, 0.1) is 18.8 Å². The fourth-order valence-corrected chi connectivity index (χ4v) is 3.89. The molecule has 0 amide bonds. The van der Waals surface area contributed by atoms with Crippen LogP contribution in [0.1, 0.15) is 55.3 Å². The van der Waals surface area contributed by atoms with Crippen LogP contribution < -0.4 is 4.74 Å². The first-order valence-corrected chi connectivity index (χ1v) is 8.05. The molecule has 1 aliphatic carbocycles. The lowest BCUT2D eigenvalue weighted by Crippen LogP contribution is -2.54. The SMILES string of the molecule is COc1cncc(C(=O)C2(N3CCCCC3)CCCC2)c1. The monoisotopic (exact) mass is 288 g/mol. The molecule has 2 fully saturated rings. The molecule has 4 nitrogen and oxygen atoms in total. The first-order valence-electron chi connectivity index (χ1n) is 8.05. The largest absolute Gasteiger partial charge is 0.495 e. The summed E-state index contributed by atoms with van der Waals surface area (Å²) in [7, 11) is 1.61. The molecule has 21 heavy (non-hydrogen) atoms. The topological polar surface area (TPSA) is 42.4 Å². The number of aromatic nitrogens is 1. The molecule has 0 atom stereocenters. The molecule has 0 radical (unpaired) electrons. The molecule has 114 valence electrons. The summed E-state index contributed by atoms with van der Waals surface area (Å²) >= 11 is 0. The number of carbonyl (C=O) groups is 1. The van der Waals surface area contributed by atoms with Crippen molar-refractivity contribution in [3.63, 3.8) is 0 Å². The van der Waals surface area contributed by atoms with E-state index in [0.717, 1.165) is 38.8 Å². The number of hydrogen-bond donors (Lipinski definition) is 0. The summed E-state index contributed by atoms with van der Waals surface area (Å²) in [6, 6.07) is 1.83. The van der Waals surface area contributed by atoms with Crippen molar-refractivity contribution in [3.05, 3.63) is 24.0 Å². The molecule has 1 aromatic rings. The van der Waals surface area contributed by atoms with Gasteiger partial charge in [0.1, 0.15) is 5.75 Å². The Bertz CT molecular complexity index is 503. The quantitative estimate of drug-likeness (QED) is 0.799. The summed E-state index contributed by atoms with van der Waals surface area (Å²) in [5.74, 6) is 0.904. The van der Waals surface area contributed by atoms with Crippen LogP contribution in [0.5, 0.6) is 5.75 Å². The summed E-state index contributed by atoms with van der Waals surface area (Å²) in [6.45, 7) is 2.12. The van der Waals surface area contributed by atoms with E-state index in [9.17, 15) is 4.79 Å². The number of likely N-dealkylation sites (tertiary alicyclic amines) is 1. The van der Waals surface area contributed by atoms with Gasteiger partial charge in [0.2, 0.25) is 0 Å². The minimum atomic E-state index is -0.283. The molecule has 1 aliphatic heterocycles. The van der Waals surface area contributed by atoms with E-state index in [4.69, 9.17) is 4.74 Å². The van der Waals surface area contributed by atoms with Crippen molar-refractivity contribution < 1.29 is 9.53 Å². The van der Waals surface area contributed by atoms with E-state index in [1.807, 2.05) is 6.07 Å². The van der Waals surface area contributed by atoms with Crippen LogP contribution >= 0.6 is 0 Å². The maximum absolute atomic E-state index is 13.2. The Hall–Kier alpha value is -1.42. The Morgan fingerprint density at radius 1 is 1.14 bits per heavy atom.